The molecule has 3 aromatic rings. The number of hydrogen-bond donors (Lipinski definition) is 1. The van der Waals surface area contributed by atoms with Crippen molar-refractivity contribution < 1.29 is 17.9 Å². The van der Waals surface area contributed by atoms with Crippen molar-refractivity contribution in [3.05, 3.63) is 66.0 Å². The Hall–Kier alpha value is -3.29. The summed E-state index contributed by atoms with van der Waals surface area (Å²) in [5.74, 6) is 0.754. The summed E-state index contributed by atoms with van der Waals surface area (Å²) in [4.78, 5) is 7.58. The number of imidazole rings is 1. The number of H-pyrrole nitrogens is 1. The molecule has 1 unspecified atom stereocenters. The second-order valence-electron chi connectivity index (χ2n) is 7.37. The minimum atomic E-state index is -4.71. The predicted octanol–water partition coefficient (Wildman–Crippen LogP) is 5.67. The molecule has 1 aliphatic carbocycles. The molecule has 0 amide bonds. The number of benzene rings is 1. The van der Waals surface area contributed by atoms with Gasteiger partial charge in [0.15, 0.2) is 5.82 Å². The molecule has 0 aliphatic heterocycles. The lowest BCUT2D eigenvalue weighted by Crippen LogP contribution is -2.16. The Morgan fingerprint density at radius 1 is 1.20 bits per heavy atom. The lowest BCUT2D eigenvalue weighted by molar-refractivity contribution is -0.274. The van der Waals surface area contributed by atoms with E-state index in [4.69, 9.17) is 0 Å². The fraction of sp³-hybridized carbons (Fsp3) is 0.273. The minimum absolute atomic E-state index is 0.262. The molecule has 1 atom stereocenters. The van der Waals surface area contributed by atoms with Gasteiger partial charge in [-0.05, 0) is 56.2 Å². The topological polar surface area (TPSA) is 55.7 Å². The van der Waals surface area contributed by atoms with Gasteiger partial charge < -0.3 is 9.72 Å². The number of nitrogens with zero attached hydrogens (tertiary/aromatic N) is 3. The van der Waals surface area contributed by atoms with Crippen molar-refractivity contribution in [2.75, 3.05) is 0 Å². The Morgan fingerprint density at radius 3 is 2.63 bits per heavy atom. The molecule has 0 saturated carbocycles. The van der Waals surface area contributed by atoms with Crippen LogP contribution >= 0.6 is 0 Å². The van der Waals surface area contributed by atoms with Crippen LogP contribution in [-0.2, 0) is 6.54 Å². The van der Waals surface area contributed by atoms with Gasteiger partial charge in [-0.1, -0.05) is 23.8 Å². The van der Waals surface area contributed by atoms with Gasteiger partial charge in [-0.15, -0.1) is 13.2 Å². The Labute approximate surface area is 171 Å². The summed E-state index contributed by atoms with van der Waals surface area (Å²) in [5, 5.41) is 4.68. The highest BCUT2D eigenvalue weighted by molar-refractivity contribution is 5.63. The van der Waals surface area contributed by atoms with Crippen LogP contribution in [0.15, 0.2) is 60.3 Å². The molecule has 1 N–H and O–H groups in total. The molecule has 1 aliphatic rings. The standard InChI is InChI=1S/C22H21F3N4O/c1-14-3-5-16(6-4-14)13-29-15(2)11-19(28-29)21-26-12-20(27-21)17-7-9-18(10-8-17)30-22(23,24)25/h3-5,7-12,16H,6,13H2,1-2H3,(H,26,27). The van der Waals surface area contributed by atoms with Gasteiger partial charge in [0.05, 0.1) is 11.9 Å². The number of aromatic nitrogens is 4. The first-order chi connectivity index (χ1) is 14.3. The maximum absolute atomic E-state index is 12.3. The van der Waals surface area contributed by atoms with E-state index < -0.39 is 6.36 Å². The maximum Gasteiger partial charge on any atom is 0.573 e. The zero-order valence-electron chi connectivity index (χ0n) is 16.6. The molecule has 0 fully saturated rings. The highest BCUT2D eigenvalue weighted by atomic mass is 19.4. The maximum atomic E-state index is 12.3. The quantitative estimate of drug-likeness (QED) is 0.585. The molecule has 8 heteroatoms. The van der Waals surface area contributed by atoms with Gasteiger partial charge in [-0.2, -0.15) is 5.10 Å². The molecule has 2 aromatic heterocycles. The predicted molar refractivity (Wildman–Crippen MR) is 108 cm³/mol. The fourth-order valence-corrected chi connectivity index (χ4v) is 3.37. The summed E-state index contributed by atoms with van der Waals surface area (Å²) >= 11 is 0. The third-order valence-electron chi connectivity index (χ3n) is 4.98. The third-order valence-corrected chi connectivity index (χ3v) is 4.98. The number of alkyl halides is 3. The van der Waals surface area contributed by atoms with E-state index in [1.807, 2.05) is 17.7 Å². The summed E-state index contributed by atoms with van der Waals surface area (Å²) in [5.41, 5.74) is 4.43. The summed E-state index contributed by atoms with van der Waals surface area (Å²) < 4.78 is 42.8. The van der Waals surface area contributed by atoms with Crippen molar-refractivity contribution in [1.29, 1.82) is 0 Å². The van der Waals surface area contributed by atoms with Gasteiger partial charge in [-0.25, -0.2) is 4.98 Å². The molecule has 0 spiro atoms. The van der Waals surface area contributed by atoms with E-state index in [0.29, 0.717) is 23.0 Å². The molecule has 156 valence electrons. The van der Waals surface area contributed by atoms with Gasteiger partial charge in [-0.3, -0.25) is 4.68 Å². The van der Waals surface area contributed by atoms with Crippen LogP contribution in [0.5, 0.6) is 5.75 Å². The molecular formula is C22H21F3N4O. The smallest absolute Gasteiger partial charge is 0.406 e. The monoisotopic (exact) mass is 414 g/mol. The summed E-state index contributed by atoms with van der Waals surface area (Å²) in [6.07, 6.45) is 4.51. The number of hydrogen-bond acceptors (Lipinski definition) is 3. The number of halogens is 3. The van der Waals surface area contributed by atoms with Crippen LogP contribution in [0.3, 0.4) is 0 Å². The average molecular weight is 414 g/mol. The van der Waals surface area contributed by atoms with Crippen molar-refractivity contribution in [3.63, 3.8) is 0 Å². The number of allylic oxidation sites excluding steroid dienone is 4. The number of ether oxygens (including phenoxy) is 1. The van der Waals surface area contributed by atoms with Gasteiger partial charge in [0.25, 0.3) is 0 Å². The number of rotatable bonds is 5. The van der Waals surface area contributed by atoms with Crippen LogP contribution in [0.1, 0.15) is 19.0 Å². The lowest BCUT2D eigenvalue weighted by Gasteiger charge is -2.15. The van der Waals surface area contributed by atoms with Crippen LogP contribution in [0.2, 0.25) is 0 Å². The Balaban J connectivity index is 1.48. The summed E-state index contributed by atoms with van der Waals surface area (Å²) in [6.45, 7) is 4.89. The Morgan fingerprint density at radius 2 is 1.97 bits per heavy atom. The van der Waals surface area contributed by atoms with Crippen molar-refractivity contribution in [1.82, 2.24) is 19.7 Å². The van der Waals surface area contributed by atoms with E-state index in [1.54, 1.807) is 18.3 Å². The molecule has 0 saturated heterocycles. The van der Waals surface area contributed by atoms with Crippen molar-refractivity contribution in [2.45, 2.75) is 33.2 Å². The Bertz CT molecular complexity index is 1090. The van der Waals surface area contributed by atoms with Crippen LogP contribution in [0.25, 0.3) is 22.8 Å². The van der Waals surface area contributed by atoms with Gasteiger partial charge >= 0.3 is 6.36 Å². The largest absolute Gasteiger partial charge is 0.573 e. The van der Waals surface area contributed by atoms with E-state index >= 15 is 0 Å². The van der Waals surface area contributed by atoms with E-state index in [9.17, 15) is 13.2 Å². The Kier molecular flexibility index (Phi) is 5.24. The van der Waals surface area contributed by atoms with Gasteiger partial charge in [0.2, 0.25) is 0 Å². The summed E-state index contributed by atoms with van der Waals surface area (Å²) in [6, 6.07) is 7.61. The first-order valence-corrected chi connectivity index (χ1v) is 9.58. The van der Waals surface area contributed by atoms with E-state index in [0.717, 1.165) is 24.4 Å². The minimum Gasteiger partial charge on any atom is -0.406 e. The van der Waals surface area contributed by atoms with Crippen LogP contribution in [0.4, 0.5) is 13.2 Å². The van der Waals surface area contributed by atoms with Crippen LogP contribution in [0, 0.1) is 12.8 Å². The first kappa shape index (κ1) is 20.0. The number of nitrogens with one attached hydrogen (secondary N) is 1. The molecule has 0 radical (unpaired) electrons. The number of aromatic amines is 1. The molecule has 1 aromatic carbocycles. The average Bonchev–Trinajstić information content (AvgIpc) is 3.30. The van der Waals surface area contributed by atoms with E-state index in [-0.39, 0.29) is 5.75 Å². The highest BCUT2D eigenvalue weighted by Gasteiger charge is 2.31. The van der Waals surface area contributed by atoms with E-state index in [2.05, 4.69) is 45.0 Å². The molecule has 2 heterocycles. The highest BCUT2D eigenvalue weighted by Crippen LogP contribution is 2.27. The normalized spacial score (nSPS) is 16.6. The SMILES string of the molecule is CC1=CCC(Cn2nc(-c3ncc(-c4ccc(OC(F)(F)F)cc4)[nH]3)cc2C)C=C1. The third kappa shape index (κ3) is 4.64. The van der Waals surface area contributed by atoms with Crippen molar-refractivity contribution in [3.8, 4) is 28.5 Å². The molecule has 4 rings (SSSR count). The second kappa shape index (κ2) is 7.85. The van der Waals surface area contributed by atoms with Crippen LogP contribution in [-0.4, -0.2) is 26.1 Å². The summed E-state index contributed by atoms with van der Waals surface area (Å²) in [7, 11) is 0. The zero-order chi connectivity index (χ0) is 21.3. The van der Waals surface area contributed by atoms with Gasteiger partial charge in [0, 0.05) is 18.2 Å². The fourth-order valence-electron chi connectivity index (χ4n) is 3.37. The molecule has 0 bridgehead atoms. The molecule has 30 heavy (non-hydrogen) atoms. The lowest BCUT2D eigenvalue weighted by atomic mass is 9.97. The molecular weight excluding hydrogens is 393 g/mol. The first-order valence-electron chi connectivity index (χ1n) is 9.58. The van der Waals surface area contributed by atoms with Crippen molar-refractivity contribution in [2.24, 2.45) is 5.92 Å². The second-order valence-corrected chi connectivity index (χ2v) is 7.37. The van der Waals surface area contributed by atoms with Crippen molar-refractivity contribution >= 4 is 0 Å². The van der Waals surface area contributed by atoms with E-state index in [1.165, 1.54) is 17.7 Å². The van der Waals surface area contributed by atoms with Crippen LogP contribution < -0.4 is 4.74 Å². The zero-order valence-corrected chi connectivity index (χ0v) is 16.6. The molecule has 5 nitrogen and oxygen atoms in total. The van der Waals surface area contributed by atoms with Gasteiger partial charge in [0.1, 0.15) is 11.4 Å². The number of aryl methyl sites for hydroxylation is 1.